The van der Waals surface area contributed by atoms with Gasteiger partial charge in [0, 0.05) is 29.0 Å². The van der Waals surface area contributed by atoms with E-state index in [1.54, 1.807) is 42.7 Å². The molecule has 0 saturated carbocycles. The summed E-state index contributed by atoms with van der Waals surface area (Å²) in [5.74, 6) is 0. The van der Waals surface area contributed by atoms with Crippen LogP contribution in [0, 0.1) is 10.1 Å². The van der Waals surface area contributed by atoms with Crippen molar-refractivity contribution in [1.29, 1.82) is 0 Å². The third kappa shape index (κ3) is 4.86. The van der Waals surface area contributed by atoms with Crippen molar-refractivity contribution in [2.24, 2.45) is 0 Å². The van der Waals surface area contributed by atoms with Crippen LogP contribution in [0.2, 0.25) is 5.02 Å². The van der Waals surface area contributed by atoms with Gasteiger partial charge in [0.25, 0.3) is 0 Å². The molecular formula is C20H24BrClN4O5. The number of carbonyl (C=O) groups excluding carboxylic acids is 1. The summed E-state index contributed by atoms with van der Waals surface area (Å²) in [6, 6.07) is 2.43. The lowest BCUT2D eigenvalue weighted by Gasteiger charge is -2.45. The molecule has 2 heterocycles. The summed E-state index contributed by atoms with van der Waals surface area (Å²) in [7, 11) is 0. The average molecular weight is 516 g/mol. The zero-order valence-electron chi connectivity index (χ0n) is 17.6. The third-order valence-corrected chi connectivity index (χ3v) is 6.22. The summed E-state index contributed by atoms with van der Waals surface area (Å²) in [4.78, 5) is 31.5. The Morgan fingerprint density at radius 2 is 2.10 bits per heavy atom. The minimum absolute atomic E-state index is 0.151. The number of fused-ring (bicyclic) bond motifs is 1. The predicted octanol–water partition coefficient (Wildman–Crippen LogP) is 4.37. The Morgan fingerprint density at radius 1 is 1.42 bits per heavy atom. The van der Waals surface area contributed by atoms with Gasteiger partial charge in [-0.3, -0.25) is 10.1 Å². The maximum atomic E-state index is 12.7. The van der Waals surface area contributed by atoms with Gasteiger partial charge in [0.1, 0.15) is 17.5 Å². The van der Waals surface area contributed by atoms with Crippen LogP contribution in [-0.2, 0) is 4.74 Å². The molecular weight excluding hydrogens is 492 g/mol. The number of ether oxygens (including phenoxy) is 1. The fourth-order valence-electron chi connectivity index (χ4n) is 3.64. The van der Waals surface area contributed by atoms with Crippen LogP contribution in [0.5, 0.6) is 0 Å². The van der Waals surface area contributed by atoms with E-state index in [4.69, 9.17) is 16.3 Å². The van der Waals surface area contributed by atoms with E-state index in [0.29, 0.717) is 26.1 Å². The summed E-state index contributed by atoms with van der Waals surface area (Å²) in [5.41, 5.74) is -0.00968. The largest absolute Gasteiger partial charge is 0.444 e. The van der Waals surface area contributed by atoms with Gasteiger partial charge in [-0.25, -0.2) is 9.78 Å². The molecule has 1 saturated heterocycles. The van der Waals surface area contributed by atoms with E-state index in [1.165, 1.54) is 6.20 Å². The van der Waals surface area contributed by atoms with Crippen molar-refractivity contribution < 1.29 is 19.6 Å². The molecule has 0 aliphatic carbocycles. The zero-order chi connectivity index (χ0) is 23.1. The fourth-order valence-corrected chi connectivity index (χ4v) is 4.14. The Balaban J connectivity index is 2.08. The smallest absolute Gasteiger partial charge is 0.410 e. The molecule has 0 radical (unpaired) electrons. The van der Waals surface area contributed by atoms with E-state index >= 15 is 0 Å². The van der Waals surface area contributed by atoms with Crippen LogP contribution >= 0.6 is 27.5 Å². The Labute approximate surface area is 193 Å². The number of piperazine rings is 1. The number of pyridine rings is 1. The second kappa shape index (κ2) is 8.76. The average Bonchev–Trinajstić information content (AvgIpc) is 2.66. The first-order valence-corrected chi connectivity index (χ1v) is 10.9. The number of aromatic nitrogens is 1. The highest BCUT2D eigenvalue weighted by Crippen LogP contribution is 2.40. The number of nitro groups is 1. The van der Waals surface area contributed by atoms with Crippen LogP contribution in [0.1, 0.15) is 27.7 Å². The van der Waals surface area contributed by atoms with Gasteiger partial charge in [-0.2, -0.15) is 0 Å². The molecule has 1 N–H and O–H groups in total. The molecule has 1 fully saturated rings. The van der Waals surface area contributed by atoms with E-state index in [0.717, 1.165) is 0 Å². The van der Waals surface area contributed by atoms with E-state index in [9.17, 15) is 20.0 Å². The Hall–Kier alpha value is -2.17. The third-order valence-electron chi connectivity index (χ3n) is 5.03. The molecule has 31 heavy (non-hydrogen) atoms. The highest BCUT2D eigenvalue weighted by molar-refractivity contribution is 9.10. The highest BCUT2D eigenvalue weighted by atomic mass is 79.9. The Morgan fingerprint density at radius 3 is 2.68 bits per heavy atom. The number of benzene rings is 1. The second-order valence-electron chi connectivity index (χ2n) is 8.50. The molecule has 1 aromatic heterocycles. The van der Waals surface area contributed by atoms with Crippen LogP contribution in [0.25, 0.3) is 10.9 Å². The number of hydrogen-bond donors (Lipinski definition) is 1. The van der Waals surface area contributed by atoms with Gasteiger partial charge in [-0.05, 0) is 55.8 Å². The van der Waals surface area contributed by atoms with Crippen LogP contribution in [-0.4, -0.2) is 63.4 Å². The number of hydrogen-bond acceptors (Lipinski definition) is 7. The van der Waals surface area contributed by atoms with Crippen molar-refractivity contribution in [3.8, 4) is 0 Å². The molecule has 1 aliphatic heterocycles. The predicted molar refractivity (Wildman–Crippen MR) is 122 cm³/mol. The molecule has 3 rings (SSSR count). The SMILES string of the molecule is C[C@@H]1CN(c2c([N+](=O)[O-])cnc3cc(Br)c(Cl)cc23)[C@@H](CO)CN1C(=O)OC(C)(C)C. The lowest BCUT2D eigenvalue weighted by atomic mass is 10.0. The number of rotatable bonds is 3. The molecule has 1 amide bonds. The molecule has 0 bridgehead atoms. The maximum absolute atomic E-state index is 12.7. The second-order valence-corrected chi connectivity index (χ2v) is 9.76. The number of halogens is 2. The maximum Gasteiger partial charge on any atom is 0.410 e. The molecule has 1 aliphatic rings. The molecule has 2 atom stereocenters. The normalized spacial score (nSPS) is 19.6. The molecule has 168 valence electrons. The van der Waals surface area contributed by atoms with Gasteiger partial charge in [-0.15, -0.1) is 0 Å². The number of nitrogens with zero attached hydrogens (tertiary/aromatic N) is 4. The van der Waals surface area contributed by atoms with Crippen LogP contribution < -0.4 is 4.90 Å². The number of aliphatic hydroxyl groups is 1. The minimum Gasteiger partial charge on any atom is -0.444 e. The van der Waals surface area contributed by atoms with Crippen LogP contribution in [0.3, 0.4) is 0 Å². The summed E-state index contributed by atoms with van der Waals surface area (Å²) in [6.07, 6.45) is 0.719. The quantitative estimate of drug-likeness (QED) is 0.478. The van der Waals surface area contributed by atoms with Crippen LogP contribution in [0.15, 0.2) is 22.8 Å². The minimum atomic E-state index is -0.660. The van der Waals surface area contributed by atoms with Crippen molar-refractivity contribution in [3.05, 3.63) is 37.9 Å². The van der Waals surface area contributed by atoms with E-state index in [2.05, 4.69) is 20.9 Å². The van der Waals surface area contributed by atoms with Crippen molar-refractivity contribution in [2.45, 2.75) is 45.4 Å². The van der Waals surface area contributed by atoms with Gasteiger partial charge in [-0.1, -0.05) is 11.6 Å². The summed E-state index contributed by atoms with van der Waals surface area (Å²) in [5, 5.41) is 22.8. The zero-order valence-corrected chi connectivity index (χ0v) is 20.0. The fraction of sp³-hybridized carbons (Fsp3) is 0.500. The Kier molecular flexibility index (Phi) is 6.64. The summed E-state index contributed by atoms with van der Waals surface area (Å²) < 4.78 is 6.11. The topological polar surface area (TPSA) is 109 Å². The van der Waals surface area contributed by atoms with E-state index in [-0.39, 0.29) is 31.4 Å². The standard InChI is InChI=1S/C20H24BrClN4O5/c1-11-8-25(12(10-27)9-24(11)19(28)31-20(2,3)4)18-13-5-15(22)14(21)6-16(13)23-7-17(18)26(29)30/h5-7,11-12,27H,8-10H2,1-4H3/t11-,12-/m1/s1. The summed E-state index contributed by atoms with van der Waals surface area (Å²) in [6.45, 7) is 7.29. The molecule has 11 heteroatoms. The lowest BCUT2D eigenvalue weighted by molar-refractivity contribution is -0.384. The molecule has 0 spiro atoms. The first-order chi connectivity index (χ1) is 14.4. The number of anilines is 1. The van der Waals surface area contributed by atoms with Gasteiger partial charge in [0.2, 0.25) is 0 Å². The van der Waals surface area contributed by atoms with Crippen molar-refractivity contribution >= 4 is 55.9 Å². The van der Waals surface area contributed by atoms with Crippen molar-refractivity contribution in [3.63, 3.8) is 0 Å². The number of carbonyl (C=O) groups is 1. The van der Waals surface area contributed by atoms with Gasteiger partial charge in [0.15, 0.2) is 0 Å². The van der Waals surface area contributed by atoms with Crippen molar-refractivity contribution in [1.82, 2.24) is 9.88 Å². The van der Waals surface area contributed by atoms with Gasteiger partial charge in [0.05, 0.1) is 28.1 Å². The molecule has 0 unspecified atom stereocenters. The lowest BCUT2D eigenvalue weighted by Crippen LogP contribution is -2.61. The van der Waals surface area contributed by atoms with Crippen LogP contribution in [0.4, 0.5) is 16.2 Å². The first kappa shape index (κ1) is 23.5. The summed E-state index contributed by atoms with van der Waals surface area (Å²) >= 11 is 9.62. The molecule has 9 nitrogen and oxygen atoms in total. The van der Waals surface area contributed by atoms with Crippen molar-refractivity contribution in [2.75, 3.05) is 24.6 Å². The van der Waals surface area contributed by atoms with E-state index < -0.39 is 22.7 Å². The monoisotopic (exact) mass is 514 g/mol. The molecule has 2 aromatic rings. The highest BCUT2D eigenvalue weighted by Gasteiger charge is 2.39. The van der Waals surface area contributed by atoms with E-state index in [1.807, 2.05) is 6.92 Å². The number of amides is 1. The Bertz CT molecular complexity index is 1030. The van der Waals surface area contributed by atoms with Gasteiger partial charge < -0.3 is 19.6 Å². The molecule has 1 aromatic carbocycles. The number of aliphatic hydroxyl groups excluding tert-OH is 1. The van der Waals surface area contributed by atoms with Gasteiger partial charge >= 0.3 is 11.8 Å². The first-order valence-electron chi connectivity index (χ1n) is 9.72.